The Kier molecular flexibility index (Phi) is 2.71. The maximum absolute atomic E-state index is 7.65. The predicted molar refractivity (Wildman–Crippen MR) is 65.5 cm³/mol. The lowest BCUT2D eigenvalue weighted by Gasteiger charge is -2.09. The first-order chi connectivity index (χ1) is 8.06. The fourth-order valence-corrected chi connectivity index (χ4v) is 2.03. The van der Waals surface area contributed by atoms with E-state index in [1.54, 1.807) is 10.9 Å². The molecule has 0 amide bonds. The molecule has 17 heavy (non-hydrogen) atoms. The molecule has 6 nitrogen and oxygen atoms in total. The number of nitrogens with one attached hydrogen (secondary N) is 1. The van der Waals surface area contributed by atoms with Crippen LogP contribution in [0.15, 0.2) is 12.4 Å². The van der Waals surface area contributed by atoms with Crippen molar-refractivity contribution < 1.29 is 0 Å². The standard InChI is InChI=1S/C11H16N6/c1-4-8-14-5-6-17(8)11-9(10(12)13)7(2)15-16(11)3/h5-6H,4H2,1-3H3,(H3,12,13). The van der Waals surface area contributed by atoms with Gasteiger partial charge in [0.15, 0.2) is 0 Å². The van der Waals surface area contributed by atoms with E-state index in [0.29, 0.717) is 5.56 Å². The lowest BCUT2D eigenvalue weighted by atomic mass is 10.2. The van der Waals surface area contributed by atoms with Gasteiger partial charge in [0.25, 0.3) is 0 Å². The second-order valence-electron chi connectivity index (χ2n) is 3.89. The van der Waals surface area contributed by atoms with Crippen LogP contribution < -0.4 is 5.73 Å². The molecule has 2 aromatic heterocycles. The summed E-state index contributed by atoms with van der Waals surface area (Å²) in [5, 5.41) is 12.0. The van der Waals surface area contributed by atoms with Gasteiger partial charge in [-0.1, -0.05) is 6.92 Å². The van der Waals surface area contributed by atoms with E-state index >= 15 is 0 Å². The van der Waals surface area contributed by atoms with Crippen molar-refractivity contribution in [3.8, 4) is 5.82 Å². The number of nitrogens with zero attached hydrogens (tertiary/aromatic N) is 4. The first-order valence-corrected chi connectivity index (χ1v) is 5.46. The van der Waals surface area contributed by atoms with Crippen molar-refractivity contribution >= 4 is 5.84 Å². The topological polar surface area (TPSA) is 85.5 Å². The van der Waals surface area contributed by atoms with E-state index in [1.807, 2.05) is 31.7 Å². The molecule has 0 aliphatic carbocycles. The summed E-state index contributed by atoms with van der Waals surface area (Å²) in [5.74, 6) is 1.75. The van der Waals surface area contributed by atoms with Gasteiger partial charge in [0.2, 0.25) is 0 Å². The van der Waals surface area contributed by atoms with Gasteiger partial charge in [-0.2, -0.15) is 5.10 Å². The number of imidazole rings is 1. The molecule has 0 spiro atoms. The summed E-state index contributed by atoms with van der Waals surface area (Å²) in [6.07, 6.45) is 4.42. The molecule has 2 heterocycles. The van der Waals surface area contributed by atoms with Gasteiger partial charge in [-0.25, -0.2) is 4.98 Å². The van der Waals surface area contributed by atoms with Crippen LogP contribution in [0.1, 0.15) is 24.0 Å². The van der Waals surface area contributed by atoms with E-state index in [2.05, 4.69) is 10.1 Å². The average Bonchev–Trinajstić information content (AvgIpc) is 2.81. The Morgan fingerprint density at radius 1 is 1.53 bits per heavy atom. The molecule has 0 aliphatic rings. The van der Waals surface area contributed by atoms with Crippen molar-refractivity contribution in [2.24, 2.45) is 12.8 Å². The highest BCUT2D eigenvalue weighted by Crippen LogP contribution is 2.18. The third-order valence-electron chi connectivity index (χ3n) is 2.72. The fraction of sp³-hybridized carbons (Fsp3) is 0.364. The Morgan fingerprint density at radius 3 is 2.82 bits per heavy atom. The van der Waals surface area contributed by atoms with Crippen LogP contribution in [0.4, 0.5) is 0 Å². The SMILES string of the molecule is CCc1nccn1-c1c(C(=N)N)c(C)nn1C. The molecule has 0 atom stereocenters. The third kappa shape index (κ3) is 1.71. The van der Waals surface area contributed by atoms with Crippen molar-refractivity contribution in [3.05, 3.63) is 29.5 Å². The molecule has 0 bridgehead atoms. The molecule has 0 saturated carbocycles. The first kappa shape index (κ1) is 11.4. The van der Waals surface area contributed by atoms with E-state index in [9.17, 15) is 0 Å². The summed E-state index contributed by atoms with van der Waals surface area (Å²) in [4.78, 5) is 4.27. The average molecular weight is 232 g/mol. The zero-order valence-corrected chi connectivity index (χ0v) is 10.2. The van der Waals surface area contributed by atoms with Crippen LogP contribution in [0.5, 0.6) is 0 Å². The molecular weight excluding hydrogens is 216 g/mol. The zero-order valence-electron chi connectivity index (χ0n) is 10.2. The van der Waals surface area contributed by atoms with Gasteiger partial charge in [0, 0.05) is 25.9 Å². The number of amidine groups is 1. The van der Waals surface area contributed by atoms with Gasteiger partial charge in [-0.3, -0.25) is 14.7 Å². The highest BCUT2D eigenvalue weighted by atomic mass is 15.3. The molecule has 0 aliphatic heterocycles. The van der Waals surface area contributed by atoms with Crippen LogP contribution in [-0.2, 0) is 13.5 Å². The molecule has 2 aromatic rings. The lowest BCUT2D eigenvalue weighted by Crippen LogP contribution is -2.16. The lowest BCUT2D eigenvalue weighted by molar-refractivity contribution is 0.708. The number of aryl methyl sites for hydroxylation is 3. The Labute approximate surface area is 99.6 Å². The van der Waals surface area contributed by atoms with Gasteiger partial charge in [0.1, 0.15) is 17.5 Å². The number of nitrogen functional groups attached to an aromatic ring is 1. The monoisotopic (exact) mass is 232 g/mol. The predicted octanol–water partition coefficient (Wildman–Crippen LogP) is 0.761. The Morgan fingerprint density at radius 2 is 2.24 bits per heavy atom. The van der Waals surface area contributed by atoms with Gasteiger partial charge < -0.3 is 5.73 Å². The highest BCUT2D eigenvalue weighted by molar-refractivity contribution is 5.99. The molecule has 0 aromatic carbocycles. The van der Waals surface area contributed by atoms with Crippen molar-refractivity contribution in [2.45, 2.75) is 20.3 Å². The number of nitrogens with two attached hydrogens (primary N) is 1. The van der Waals surface area contributed by atoms with Gasteiger partial charge in [-0.15, -0.1) is 0 Å². The largest absolute Gasteiger partial charge is 0.384 e. The Bertz CT molecular complexity index is 563. The minimum Gasteiger partial charge on any atom is -0.384 e. The quantitative estimate of drug-likeness (QED) is 0.605. The summed E-state index contributed by atoms with van der Waals surface area (Å²) in [6.45, 7) is 3.89. The van der Waals surface area contributed by atoms with Crippen LogP contribution in [-0.4, -0.2) is 25.2 Å². The highest BCUT2D eigenvalue weighted by Gasteiger charge is 2.18. The summed E-state index contributed by atoms with van der Waals surface area (Å²) in [5.41, 5.74) is 7.04. The molecule has 3 N–H and O–H groups in total. The summed E-state index contributed by atoms with van der Waals surface area (Å²) in [7, 11) is 1.84. The van der Waals surface area contributed by atoms with Crippen molar-refractivity contribution in [1.29, 1.82) is 5.41 Å². The minimum absolute atomic E-state index is 0.0290. The van der Waals surface area contributed by atoms with Crippen LogP contribution in [0.3, 0.4) is 0 Å². The molecule has 0 saturated heterocycles. The summed E-state index contributed by atoms with van der Waals surface area (Å²) >= 11 is 0. The van der Waals surface area contributed by atoms with E-state index in [0.717, 1.165) is 23.8 Å². The Balaban J connectivity index is 2.71. The fourth-order valence-electron chi connectivity index (χ4n) is 2.03. The normalized spacial score (nSPS) is 10.8. The van der Waals surface area contributed by atoms with Crippen molar-refractivity contribution in [2.75, 3.05) is 0 Å². The molecule has 90 valence electrons. The van der Waals surface area contributed by atoms with Crippen molar-refractivity contribution in [1.82, 2.24) is 19.3 Å². The molecule has 0 fully saturated rings. The first-order valence-electron chi connectivity index (χ1n) is 5.46. The van der Waals surface area contributed by atoms with E-state index in [4.69, 9.17) is 11.1 Å². The molecule has 0 unspecified atom stereocenters. The summed E-state index contributed by atoms with van der Waals surface area (Å²) < 4.78 is 3.66. The molecule has 6 heteroatoms. The van der Waals surface area contributed by atoms with Crippen LogP contribution in [0.2, 0.25) is 0 Å². The van der Waals surface area contributed by atoms with E-state index in [1.165, 1.54) is 0 Å². The summed E-state index contributed by atoms with van der Waals surface area (Å²) in [6, 6.07) is 0. The maximum Gasteiger partial charge on any atom is 0.147 e. The second-order valence-corrected chi connectivity index (χ2v) is 3.89. The number of hydrogen-bond acceptors (Lipinski definition) is 3. The smallest absolute Gasteiger partial charge is 0.147 e. The van der Waals surface area contributed by atoms with Gasteiger partial charge >= 0.3 is 0 Å². The molecule has 0 radical (unpaired) electrons. The van der Waals surface area contributed by atoms with Gasteiger partial charge in [-0.05, 0) is 6.92 Å². The number of aromatic nitrogens is 4. The van der Waals surface area contributed by atoms with E-state index in [-0.39, 0.29) is 5.84 Å². The molecular formula is C11H16N6. The Hall–Kier alpha value is -2.11. The second kappa shape index (κ2) is 4.04. The maximum atomic E-state index is 7.65. The van der Waals surface area contributed by atoms with Gasteiger partial charge in [0.05, 0.1) is 11.3 Å². The van der Waals surface area contributed by atoms with Crippen LogP contribution >= 0.6 is 0 Å². The number of rotatable bonds is 3. The van der Waals surface area contributed by atoms with Crippen LogP contribution in [0.25, 0.3) is 5.82 Å². The van der Waals surface area contributed by atoms with E-state index < -0.39 is 0 Å². The zero-order chi connectivity index (χ0) is 12.6. The third-order valence-corrected chi connectivity index (χ3v) is 2.72. The molecule has 2 rings (SSSR count). The minimum atomic E-state index is 0.0290. The van der Waals surface area contributed by atoms with Crippen molar-refractivity contribution in [3.63, 3.8) is 0 Å². The number of hydrogen-bond donors (Lipinski definition) is 2. The van der Waals surface area contributed by atoms with Crippen LogP contribution in [0, 0.1) is 12.3 Å².